The molecular weight excluding hydrogens is 402 g/mol. The molecule has 2 aliphatic heterocycles. The average Bonchev–Trinajstić information content (AvgIpc) is 3.25. The van der Waals surface area contributed by atoms with Gasteiger partial charge in [0.2, 0.25) is 0 Å². The van der Waals surface area contributed by atoms with Crippen molar-refractivity contribution in [1.82, 2.24) is 20.0 Å². The maximum Gasteiger partial charge on any atom is 0.289 e. The minimum Gasteiger partial charge on any atom is -0.459 e. The van der Waals surface area contributed by atoms with Crippen molar-refractivity contribution in [2.24, 2.45) is 4.99 Å². The molecule has 0 saturated carbocycles. The van der Waals surface area contributed by atoms with Crippen LogP contribution in [0.3, 0.4) is 0 Å². The highest BCUT2D eigenvalue weighted by atomic mass is 16.3. The Kier molecular flexibility index (Phi) is 7.82. The summed E-state index contributed by atoms with van der Waals surface area (Å²) in [5.41, 5.74) is 2.65. The van der Waals surface area contributed by atoms with E-state index in [9.17, 15) is 4.79 Å². The number of nitrogens with one attached hydrogen (secondary N) is 1. The number of piperazine rings is 1. The summed E-state index contributed by atoms with van der Waals surface area (Å²) in [6.07, 6.45) is 6.91. The molecule has 1 amide bonds. The Morgan fingerprint density at radius 1 is 0.938 bits per heavy atom. The zero-order chi connectivity index (χ0) is 22.2. The number of hydrogen-bond acceptors (Lipinski definition) is 4. The summed E-state index contributed by atoms with van der Waals surface area (Å²) in [6.45, 7) is 7.02. The lowest BCUT2D eigenvalue weighted by molar-refractivity contribution is 0.0657. The summed E-state index contributed by atoms with van der Waals surface area (Å²) in [6, 6.07) is 12.3. The first-order valence-corrected chi connectivity index (χ1v) is 11.8. The molecule has 1 N–H and O–H groups in total. The second kappa shape index (κ2) is 11.2. The molecule has 32 heavy (non-hydrogen) atoms. The van der Waals surface area contributed by atoms with Crippen molar-refractivity contribution >= 4 is 11.9 Å². The number of likely N-dealkylation sites (tertiary alicyclic amines) is 1. The number of carbonyl (C=O) groups excluding carboxylic acids is 1. The second-order valence-electron chi connectivity index (χ2n) is 8.67. The van der Waals surface area contributed by atoms with Gasteiger partial charge in [0.15, 0.2) is 11.7 Å². The number of amides is 1. The third kappa shape index (κ3) is 5.91. The standard InChI is InChI=1S/C25H35N5O2/c1-26-25(30-15-13-29(14-16-30)24(31)23-10-7-17-32-23)27-19-21-8-6-9-22(18-21)20-28-11-4-2-3-5-12-28/h6-10,17-18H,2-5,11-16,19-20H2,1H3,(H,26,27). The summed E-state index contributed by atoms with van der Waals surface area (Å²) in [5.74, 6) is 1.24. The first-order valence-electron chi connectivity index (χ1n) is 11.8. The molecular formula is C25H35N5O2. The van der Waals surface area contributed by atoms with Crippen LogP contribution in [0.5, 0.6) is 0 Å². The fourth-order valence-electron chi connectivity index (χ4n) is 4.58. The third-order valence-corrected chi connectivity index (χ3v) is 6.36. The SMILES string of the molecule is CN=C(NCc1cccc(CN2CCCCCC2)c1)N1CCN(C(=O)c2ccco2)CC1. The third-order valence-electron chi connectivity index (χ3n) is 6.36. The monoisotopic (exact) mass is 437 g/mol. The van der Waals surface area contributed by atoms with Crippen LogP contribution < -0.4 is 5.32 Å². The number of carbonyl (C=O) groups is 1. The molecule has 7 heteroatoms. The smallest absolute Gasteiger partial charge is 0.289 e. The van der Waals surface area contributed by atoms with Crippen molar-refractivity contribution < 1.29 is 9.21 Å². The summed E-state index contributed by atoms with van der Waals surface area (Å²) >= 11 is 0. The zero-order valence-electron chi connectivity index (χ0n) is 19.1. The quantitative estimate of drug-likeness (QED) is 0.575. The van der Waals surface area contributed by atoms with Gasteiger partial charge in [0.1, 0.15) is 0 Å². The van der Waals surface area contributed by atoms with Gasteiger partial charge < -0.3 is 19.5 Å². The number of nitrogens with zero attached hydrogens (tertiary/aromatic N) is 4. The lowest BCUT2D eigenvalue weighted by atomic mass is 10.1. The molecule has 2 saturated heterocycles. The van der Waals surface area contributed by atoms with Gasteiger partial charge in [-0.05, 0) is 49.2 Å². The van der Waals surface area contributed by atoms with Crippen LogP contribution >= 0.6 is 0 Å². The van der Waals surface area contributed by atoms with Crippen LogP contribution in [0.4, 0.5) is 0 Å². The van der Waals surface area contributed by atoms with Crippen LogP contribution in [0.15, 0.2) is 52.1 Å². The lowest BCUT2D eigenvalue weighted by Crippen LogP contribution is -2.53. The van der Waals surface area contributed by atoms with E-state index in [1.54, 1.807) is 12.1 Å². The number of aliphatic imine (C=N–C) groups is 1. The van der Waals surface area contributed by atoms with Gasteiger partial charge in [-0.3, -0.25) is 14.7 Å². The maximum absolute atomic E-state index is 12.5. The number of hydrogen-bond donors (Lipinski definition) is 1. The van der Waals surface area contributed by atoms with E-state index in [-0.39, 0.29) is 5.91 Å². The summed E-state index contributed by atoms with van der Waals surface area (Å²) in [7, 11) is 1.82. The topological polar surface area (TPSA) is 64.3 Å². The Bertz CT molecular complexity index is 879. The maximum atomic E-state index is 12.5. The molecule has 0 bridgehead atoms. The number of furan rings is 1. The first kappa shape index (κ1) is 22.4. The molecule has 1 aromatic carbocycles. The summed E-state index contributed by atoms with van der Waals surface area (Å²) in [4.78, 5) is 23.6. The number of guanidine groups is 1. The average molecular weight is 438 g/mol. The van der Waals surface area contributed by atoms with Crippen LogP contribution in [0.1, 0.15) is 47.4 Å². The van der Waals surface area contributed by atoms with Crippen LogP contribution in [0.25, 0.3) is 0 Å². The Balaban J connectivity index is 1.27. The van der Waals surface area contributed by atoms with Crippen LogP contribution in [-0.2, 0) is 13.1 Å². The fraction of sp³-hybridized carbons (Fsp3) is 0.520. The molecule has 0 unspecified atom stereocenters. The van der Waals surface area contributed by atoms with Crippen molar-refractivity contribution in [3.8, 4) is 0 Å². The summed E-state index contributed by atoms with van der Waals surface area (Å²) in [5, 5.41) is 3.51. The molecule has 7 nitrogen and oxygen atoms in total. The van der Waals surface area contributed by atoms with Crippen molar-refractivity contribution in [2.75, 3.05) is 46.3 Å². The van der Waals surface area contributed by atoms with Gasteiger partial charge in [0.25, 0.3) is 5.91 Å². The molecule has 172 valence electrons. The molecule has 0 atom stereocenters. The van der Waals surface area contributed by atoms with Crippen molar-refractivity contribution in [3.63, 3.8) is 0 Å². The highest BCUT2D eigenvalue weighted by Crippen LogP contribution is 2.15. The highest BCUT2D eigenvalue weighted by molar-refractivity contribution is 5.91. The Morgan fingerprint density at radius 3 is 2.34 bits per heavy atom. The fourth-order valence-corrected chi connectivity index (χ4v) is 4.58. The van der Waals surface area contributed by atoms with E-state index in [1.807, 2.05) is 11.9 Å². The Morgan fingerprint density at radius 2 is 1.66 bits per heavy atom. The predicted octanol–water partition coefficient (Wildman–Crippen LogP) is 3.19. The molecule has 4 rings (SSSR count). The zero-order valence-corrected chi connectivity index (χ0v) is 19.1. The lowest BCUT2D eigenvalue weighted by Gasteiger charge is -2.36. The normalized spacial score (nSPS) is 18.5. The van der Waals surface area contributed by atoms with Gasteiger partial charge in [-0.1, -0.05) is 37.1 Å². The molecule has 2 aliphatic rings. The van der Waals surface area contributed by atoms with E-state index in [0.29, 0.717) is 18.8 Å². The Hall–Kier alpha value is -2.80. The van der Waals surface area contributed by atoms with E-state index < -0.39 is 0 Å². The van der Waals surface area contributed by atoms with E-state index in [2.05, 4.69) is 44.4 Å². The van der Waals surface area contributed by atoms with Gasteiger partial charge >= 0.3 is 0 Å². The minimum atomic E-state index is -0.0428. The van der Waals surface area contributed by atoms with Crippen molar-refractivity contribution in [1.29, 1.82) is 0 Å². The van der Waals surface area contributed by atoms with Crippen molar-refractivity contribution in [2.45, 2.75) is 38.8 Å². The number of rotatable bonds is 5. The van der Waals surface area contributed by atoms with Gasteiger partial charge in [-0.15, -0.1) is 0 Å². The van der Waals surface area contributed by atoms with E-state index in [4.69, 9.17) is 4.42 Å². The van der Waals surface area contributed by atoms with Crippen LogP contribution in [0, 0.1) is 0 Å². The second-order valence-corrected chi connectivity index (χ2v) is 8.67. The highest BCUT2D eigenvalue weighted by Gasteiger charge is 2.25. The van der Waals surface area contributed by atoms with E-state index >= 15 is 0 Å². The van der Waals surface area contributed by atoms with Gasteiger partial charge in [0.05, 0.1) is 6.26 Å². The number of benzene rings is 1. The molecule has 0 aliphatic carbocycles. The molecule has 2 aromatic rings. The van der Waals surface area contributed by atoms with Crippen molar-refractivity contribution in [3.05, 3.63) is 59.5 Å². The molecule has 1 aromatic heterocycles. The predicted molar refractivity (Wildman–Crippen MR) is 127 cm³/mol. The summed E-state index contributed by atoms with van der Waals surface area (Å²) < 4.78 is 5.25. The Labute approximate surface area is 191 Å². The van der Waals surface area contributed by atoms with Crippen LogP contribution in [0.2, 0.25) is 0 Å². The molecule has 0 spiro atoms. The minimum absolute atomic E-state index is 0.0428. The van der Waals surface area contributed by atoms with E-state index in [0.717, 1.165) is 32.1 Å². The molecule has 3 heterocycles. The largest absolute Gasteiger partial charge is 0.459 e. The first-order chi connectivity index (χ1) is 15.7. The molecule has 2 fully saturated rings. The van der Waals surface area contributed by atoms with Gasteiger partial charge in [0, 0.05) is 46.3 Å². The van der Waals surface area contributed by atoms with Gasteiger partial charge in [-0.25, -0.2) is 0 Å². The van der Waals surface area contributed by atoms with E-state index in [1.165, 1.54) is 56.2 Å². The van der Waals surface area contributed by atoms with Crippen LogP contribution in [-0.4, -0.2) is 72.9 Å². The van der Waals surface area contributed by atoms with Gasteiger partial charge in [-0.2, -0.15) is 0 Å². The molecule has 0 radical (unpaired) electrons.